The van der Waals surface area contributed by atoms with E-state index >= 15 is 0 Å². The first-order chi connectivity index (χ1) is 12.2. The third kappa shape index (κ3) is 2.75. The summed E-state index contributed by atoms with van der Waals surface area (Å²) >= 11 is 3.19. The molecular weight excluding hydrogens is 410 g/mol. The quantitative estimate of drug-likeness (QED) is 0.268. The molecule has 0 bridgehead atoms. The Labute approximate surface area is 153 Å². The minimum atomic E-state index is -0.592. The third-order valence-corrected chi connectivity index (χ3v) is 4.59. The molecule has 1 aromatic carbocycles. The number of hydrogen-bond donors (Lipinski definition) is 0. The molecule has 10 nitrogen and oxygen atoms in total. The molecule has 0 radical (unpaired) electrons. The second-order valence-corrected chi connectivity index (χ2v) is 6.28. The lowest BCUT2D eigenvalue weighted by Gasteiger charge is -2.07. The number of aromatic nitrogens is 4. The number of nitrogens with zero attached hydrogens (tertiary/aromatic N) is 5. The van der Waals surface area contributed by atoms with Crippen LogP contribution in [0.2, 0.25) is 0 Å². The molecule has 0 amide bonds. The maximum atomic E-state index is 12.6. The van der Waals surface area contributed by atoms with Crippen LogP contribution in [0.5, 0.6) is 0 Å². The second-order valence-electron chi connectivity index (χ2n) is 5.58. The summed E-state index contributed by atoms with van der Waals surface area (Å²) < 4.78 is 3.66. The van der Waals surface area contributed by atoms with Crippen LogP contribution < -0.4 is 11.2 Å². The van der Waals surface area contributed by atoms with Crippen molar-refractivity contribution in [1.82, 2.24) is 18.7 Å². The lowest BCUT2D eigenvalue weighted by molar-refractivity contribution is -0.384. The van der Waals surface area contributed by atoms with Gasteiger partial charge in [0.25, 0.3) is 11.2 Å². The predicted octanol–water partition coefficient (Wildman–Crippen LogP) is 0.987. The van der Waals surface area contributed by atoms with E-state index in [1.807, 2.05) is 0 Å². The van der Waals surface area contributed by atoms with Crippen LogP contribution in [0, 0.1) is 10.1 Å². The van der Waals surface area contributed by atoms with Gasteiger partial charge in [0.1, 0.15) is 0 Å². The molecule has 0 saturated heterocycles. The van der Waals surface area contributed by atoms with Crippen molar-refractivity contribution in [2.24, 2.45) is 14.1 Å². The largest absolute Gasteiger partial charge is 0.332 e. The van der Waals surface area contributed by atoms with Gasteiger partial charge in [-0.3, -0.25) is 28.8 Å². The second kappa shape index (κ2) is 6.33. The van der Waals surface area contributed by atoms with Crippen molar-refractivity contribution in [2.45, 2.75) is 6.54 Å². The molecule has 0 aliphatic heterocycles. The van der Waals surface area contributed by atoms with Crippen molar-refractivity contribution in [3.8, 4) is 0 Å². The standard InChI is InChI=1S/C15H12BrN5O5/c1-18-12-11(13(23)19(2)15(18)24)20(14(16)17-12)7-10(22)8-4-3-5-9(6-8)21(25)26/h3-6H,7H2,1-2H3. The van der Waals surface area contributed by atoms with Gasteiger partial charge in [-0.2, -0.15) is 0 Å². The first kappa shape index (κ1) is 17.7. The molecule has 3 aromatic rings. The van der Waals surface area contributed by atoms with Crippen molar-refractivity contribution in [3.63, 3.8) is 0 Å². The molecule has 2 aromatic heterocycles. The number of imidazole rings is 1. The van der Waals surface area contributed by atoms with E-state index in [0.717, 1.165) is 4.57 Å². The number of ketones is 1. The number of non-ortho nitro benzene ring substituents is 1. The summed E-state index contributed by atoms with van der Waals surface area (Å²) in [4.78, 5) is 51.4. The van der Waals surface area contributed by atoms with E-state index in [1.54, 1.807) is 0 Å². The van der Waals surface area contributed by atoms with Crippen LogP contribution in [-0.4, -0.2) is 29.4 Å². The fourth-order valence-electron chi connectivity index (χ4n) is 2.59. The summed E-state index contributed by atoms with van der Waals surface area (Å²) in [6, 6.07) is 5.32. The molecular formula is C15H12BrN5O5. The summed E-state index contributed by atoms with van der Waals surface area (Å²) in [5, 5.41) is 10.9. The zero-order chi connectivity index (χ0) is 19.2. The molecule has 0 aliphatic carbocycles. The van der Waals surface area contributed by atoms with Gasteiger partial charge in [-0.25, -0.2) is 9.78 Å². The van der Waals surface area contributed by atoms with Crippen molar-refractivity contribution < 1.29 is 9.72 Å². The monoisotopic (exact) mass is 421 g/mol. The number of benzene rings is 1. The minimum Gasteiger partial charge on any atom is -0.305 e. The van der Waals surface area contributed by atoms with Gasteiger partial charge < -0.3 is 4.57 Å². The zero-order valence-corrected chi connectivity index (χ0v) is 15.3. The lowest BCUT2D eigenvalue weighted by atomic mass is 10.1. The van der Waals surface area contributed by atoms with Gasteiger partial charge in [0.05, 0.1) is 11.5 Å². The zero-order valence-electron chi connectivity index (χ0n) is 13.7. The van der Waals surface area contributed by atoms with Crippen molar-refractivity contribution in [2.75, 3.05) is 0 Å². The summed E-state index contributed by atoms with van der Waals surface area (Å²) in [5.41, 5.74) is -0.979. The Morgan fingerprint density at radius 2 is 1.96 bits per heavy atom. The normalized spacial score (nSPS) is 11.0. The van der Waals surface area contributed by atoms with Crippen LogP contribution in [0.15, 0.2) is 38.6 Å². The number of halogens is 1. The molecule has 26 heavy (non-hydrogen) atoms. The molecule has 134 valence electrons. The smallest absolute Gasteiger partial charge is 0.305 e. The first-order valence-electron chi connectivity index (χ1n) is 7.31. The van der Waals surface area contributed by atoms with Crippen LogP contribution >= 0.6 is 15.9 Å². The highest BCUT2D eigenvalue weighted by molar-refractivity contribution is 9.10. The molecule has 3 rings (SSSR count). The molecule has 0 saturated carbocycles. The number of nitro benzene ring substituents is 1. The van der Waals surface area contributed by atoms with Crippen molar-refractivity contribution in [3.05, 3.63) is 65.5 Å². The molecule has 2 heterocycles. The predicted molar refractivity (Wildman–Crippen MR) is 95.3 cm³/mol. The number of fused-ring (bicyclic) bond motifs is 1. The van der Waals surface area contributed by atoms with Gasteiger partial charge in [0.2, 0.25) is 0 Å². The molecule has 0 aliphatic rings. The Hall–Kier alpha value is -3.08. The number of Topliss-reactive ketones (excluding diaryl/α,β-unsaturated/α-hetero) is 1. The van der Waals surface area contributed by atoms with Gasteiger partial charge in [0.15, 0.2) is 21.7 Å². The van der Waals surface area contributed by atoms with Crippen molar-refractivity contribution >= 4 is 38.6 Å². The Morgan fingerprint density at radius 1 is 1.27 bits per heavy atom. The topological polar surface area (TPSA) is 122 Å². The van der Waals surface area contributed by atoms with E-state index in [-0.39, 0.29) is 33.7 Å². The SMILES string of the molecule is Cn1c(=O)c2c(nc(Br)n2CC(=O)c2cccc([N+](=O)[O-])c2)n(C)c1=O. The summed E-state index contributed by atoms with van der Waals surface area (Å²) in [6.07, 6.45) is 0. The van der Waals surface area contributed by atoms with Crippen LogP contribution in [0.4, 0.5) is 5.69 Å². The van der Waals surface area contributed by atoms with E-state index in [9.17, 15) is 24.5 Å². The van der Waals surface area contributed by atoms with E-state index in [2.05, 4.69) is 20.9 Å². The maximum absolute atomic E-state index is 12.6. The number of carbonyl (C=O) groups excluding carboxylic acids is 1. The number of carbonyl (C=O) groups is 1. The fourth-order valence-corrected chi connectivity index (χ4v) is 3.06. The highest BCUT2D eigenvalue weighted by atomic mass is 79.9. The third-order valence-electron chi connectivity index (χ3n) is 3.98. The average Bonchev–Trinajstić information content (AvgIpc) is 2.94. The number of rotatable bonds is 4. The summed E-state index contributed by atoms with van der Waals surface area (Å²) in [5.74, 6) is -0.440. The van der Waals surface area contributed by atoms with Gasteiger partial charge in [-0.05, 0) is 15.9 Å². The number of nitro groups is 1. The van der Waals surface area contributed by atoms with Crippen LogP contribution in [0.25, 0.3) is 11.2 Å². The van der Waals surface area contributed by atoms with E-state index < -0.39 is 22.0 Å². The van der Waals surface area contributed by atoms with Gasteiger partial charge in [-0.1, -0.05) is 12.1 Å². The van der Waals surface area contributed by atoms with E-state index in [1.165, 1.54) is 47.5 Å². The summed E-state index contributed by atoms with van der Waals surface area (Å²) in [7, 11) is 2.80. The first-order valence-corrected chi connectivity index (χ1v) is 8.11. The maximum Gasteiger partial charge on any atom is 0.332 e. The van der Waals surface area contributed by atoms with E-state index in [0.29, 0.717) is 0 Å². The minimum absolute atomic E-state index is 0.0836. The molecule has 0 N–H and O–H groups in total. The Balaban J connectivity index is 2.13. The molecule has 0 atom stereocenters. The van der Waals surface area contributed by atoms with Crippen LogP contribution in [0.1, 0.15) is 10.4 Å². The molecule has 0 spiro atoms. The lowest BCUT2D eigenvalue weighted by Crippen LogP contribution is -2.37. The van der Waals surface area contributed by atoms with Gasteiger partial charge in [0, 0.05) is 31.8 Å². The Morgan fingerprint density at radius 3 is 2.62 bits per heavy atom. The average molecular weight is 422 g/mol. The Bertz CT molecular complexity index is 1190. The Kier molecular flexibility index (Phi) is 4.32. The van der Waals surface area contributed by atoms with E-state index in [4.69, 9.17) is 0 Å². The molecule has 11 heteroatoms. The van der Waals surface area contributed by atoms with Crippen molar-refractivity contribution in [1.29, 1.82) is 0 Å². The van der Waals surface area contributed by atoms with Gasteiger partial charge in [-0.15, -0.1) is 0 Å². The molecule has 0 fully saturated rings. The van der Waals surface area contributed by atoms with Gasteiger partial charge >= 0.3 is 5.69 Å². The van der Waals surface area contributed by atoms with Crippen LogP contribution in [0.3, 0.4) is 0 Å². The summed E-state index contributed by atoms with van der Waals surface area (Å²) in [6.45, 7) is -0.272. The number of hydrogen-bond acceptors (Lipinski definition) is 6. The van der Waals surface area contributed by atoms with Crippen LogP contribution in [-0.2, 0) is 20.6 Å². The highest BCUT2D eigenvalue weighted by Crippen LogP contribution is 2.19. The molecule has 0 unspecified atom stereocenters. The fraction of sp³-hybridized carbons (Fsp3) is 0.200. The highest BCUT2D eigenvalue weighted by Gasteiger charge is 2.20. The number of aryl methyl sites for hydroxylation is 1.